The van der Waals surface area contributed by atoms with Crippen LogP contribution >= 0.6 is 11.6 Å². The second-order valence-electron chi connectivity index (χ2n) is 6.02. The quantitative estimate of drug-likeness (QED) is 0.512. The number of amides is 1. The fourth-order valence-corrected chi connectivity index (χ4v) is 2.52. The Morgan fingerprint density at radius 2 is 2.04 bits per heavy atom. The lowest BCUT2D eigenvalue weighted by molar-refractivity contribution is -0.145. The summed E-state index contributed by atoms with van der Waals surface area (Å²) in [7, 11) is 0. The van der Waals surface area contributed by atoms with Crippen LogP contribution in [0, 0.1) is 6.92 Å². The van der Waals surface area contributed by atoms with Gasteiger partial charge in [-0.05, 0) is 18.6 Å². The zero-order valence-corrected chi connectivity index (χ0v) is 16.6. The van der Waals surface area contributed by atoms with Crippen LogP contribution in [0.25, 0.3) is 6.20 Å². The van der Waals surface area contributed by atoms with Gasteiger partial charge in [0.05, 0.1) is 17.5 Å². The Labute approximate surface area is 169 Å². The molecule has 0 aliphatic carbocycles. The molecule has 1 N–H and O–H groups in total. The van der Waals surface area contributed by atoms with E-state index in [-0.39, 0.29) is 25.4 Å². The van der Waals surface area contributed by atoms with Gasteiger partial charge in [-0.2, -0.15) is 0 Å². The standard InChI is InChI=1S/C20H23ClN4O3/c1-4-16(21)12-25-14(3)23-24-20(25)17(22-18(26)5-2)11-19(27)28-13-15-9-7-6-8-10-15/h4,6-10,12,17H,1,5,11,13H2,2-3H3,(H,22,26)/b16-12+. The van der Waals surface area contributed by atoms with Crippen molar-refractivity contribution in [3.8, 4) is 0 Å². The monoisotopic (exact) mass is 402 g/mol. The van der Waals surface area contributed by atoms with E-state index in [4.69, 9.17) is 16.3 Å². The van der Waals surface area contributed by atoms with Crippen LogP contribution in [0.1, 0.15) is 43.0 Å². The van der Waals surface area contributed by atoms with Crippen LogP contribution in [0.15, 0.2) is 48.0 Å². The molecule has 2 rings (SSSR count). The van der Waals surface area contributed by atoms with E-state index >= 15 is 0 Å². The number of aromatic nitrogens is 3. The van der Waals surface area contributed by atoms with E-state index < -0.39 is 12.0 Å². The summed E-state index contributed by atoms with van der Waals surface area (Å²) in [6.07, 6.45) is 3.24. The Hall–Kier alpha value is -2.93. The maximum atomic E-state index is 12.4. The summed E-state index contributed by atoms with van der Waals surface area (Å²) in [4.78, 5) is 24.4. The Kier molecular flexibility index (Phi) is 7.95. The third-order valence-electron chi connectivity index (χ3n) is 3.92. The van der Waals surface area contributed by atoms with E-state index in [9.17, 15) is 9.59 Å². The molecule has 0 radical (unpaired) electrons. The summed E-state index contributed by atoms with van der Waals surface area (Å²) in [6, 6.07) is 8.65. The number of hydrogen-bond acceptors (Lipinski definition) is 5. The van der Waals surface area contributed by atoms with Gasteiger partial charge in [-0.3, -0.25) is 14.2 Å². The van der Waals surface area contributed by atoms with Gasteiger partial charge in [-0.25, -0.2) is 0 Å². The second-order valence-corrected chi connectivity index (χ2v) is 6.45. The normalized spacial score (nSPS) is 12.3. The smallest absolute Gasteiger partial charge is 0.308 e. The van der Waals surface area contributed by atoms with Gasteiger partial charge in [0.1, 0.15) is 12.4 Å². The number of allylic oxidation sites excluding steroid dienone is 2. The van der Waals surface area contributed by atoms with Gasteiger partial charge >= 0.3 is 5.97 Å². The highest BCUT2D eigenvalue weighted by atomic mass is 35.5. The van der Waals surface area contributed by atoms with Crippen molar-refractivity contribution in [2.24, 2.45) is 0 Å². The fourth-order valence-electron chi connectivity index (χ4n) is 2.43. The van der Waals surface area contributed by atoms with Crippen molar-refractivity contribution in [3.63, 3.8) is 0 Å². The van der Waals surface area contributed by atoms with Crippen LogP contribution in [0.4, 0.5) is 0 Å². The number of halogens is 1. The van der Waals surface area contributed by atoms with Crippen molar-refractivity contribution in [1.82, 2.24) is 20.1 Å². The fraction of sp³-hybridized carbons (Fsp3) is 0.300. The number of carbonyl (C=O) groups is 2. The molecule has 2 aromatic rings. The average molecular weight is 403 g/mol. The first kappa shape index (κ1) is 21.4. The van der Waals surface area contributed by atoms with Gasteiger partial charge in [0.25, 0.3) is 0 Å². The van der Waals surface area contributed by atoms with E-state index in [0.29, 0.717) is 16.7 Å². The van der Waals surface area contributed by atoms with Gasteiger partial charge in [0.15, 0.2) is 5.82 Å². The van der Waals surface area contributed by atoms with Crippen LogP contribution in [0.3, 0.4) is 0 Å². The minimum atomic E-state index is -0.706. The zero-order chi connectivity index (χ0) is 20.5. The largest absolute Gasteiger partial charge is 0.461 e. The maximum Gasteiger partial charge on any atom is 0.308 e. The zero-order valence-electron chi connectivity index (χ0n) is 15.9. The molecule has 1 atom stereocenters. The van der Waals surface area contributed by atoms with E-state index in [2.05, 4.69) is 22.1 Å². The van der Waals surface area contributed by atoms with Gasteiger partial charge in [-0.1, -0.05) is 55.4 Å². The Morgan fingerprint density at radius 1 is 1.32 bits per heavy atom. The first-order valence-electron chi connectivity index (χ1n) is 8.84. The molecule has 0 aliphatic heterocycles. The molecule has 0 fully saturated rings. The summed E-state index contributed by atoms with van der Waals surface area (Å²) >= 11 is 6.05. The molecule has 148 valence electrons. The highest BCUT2D eigenvalue weighted by molar-refractivity contribution is 6.32. The van der Waals surface area contributed by atoms with Gasteiger partial charge in [-0.15, -0.1) is 10.2 Å². The van der Waals surface area contributed by atoms with Gasteiger partial charge in [0.2, 0.25) is 5.91 Å². The molecule has 0 spiro atoms. The number of rotatable bonds is 9. The lowest BCUT2D eigenvalue weighted by Crippen LogP contribution is -2.31. The first-order valence-corrected chi connectivity index (χ1v) is 9.22. The number of nitrogens with zero attached hydrogens (tertiary/aromatic N) is 3. The average Bonchev–Trinajstić information content (AvgIpc) is 3.06. The third-order valence-corrected chi connectivity index (χ3v) is 4.17. The molecule has 28 heavy (non-hydrogen) atoms. The molecule has 1 aromatic heterocycles. The first-order chi connectivity index (χ1) is 13.4. The van der Waals surface area contributed by atoms with E-state index in [0.717, 1.165) is 5.56 Å². The number of aryl methyl sites for hydroxylation is 1. The van der Waals surface area contributed by atoms with Crippen molar-refractivity contribution >= 4 is 29.7 Å². The maximum absolute atomic E-state index is 12.4. The number of esters is 1. The highest BCUT2D eigenvalue weighted by Crippen LogP contribution is 2.20. The van der Waals surface area contributed by atoms with E-state index in [1.165, 1.54) is 6.08 Å². The van der Waals surface area contributed by atoms with Crippen molar-refractivity contribution in [2.75, 3.05) is 0 Å². The molecule has 7 nitrogen and oxygen atoms in total. The van der Waals surface area contributed by atoms with Crippen LogP contribution < -0.4 is 5.32 Å². The molecule has 0 aliphatic rings. The molecule has 1 unspecified atom stereocenters. The number of benzene rings is 1. The van der Waals surface area contributed by atoms with E-state index in [1.807, 2.05) is 30.3 Å². The molecule has 8 heteroatoms. The lowest BCUT2D eigenvalue weighted by atomic mass is 10.1. The number of nitrogens with one attached hydrogen (secondary N) is 1. The van der Waals surface area contributed by atoms with Crippen LogP contribution in [-0.4, -0.2) is 26.6 Å². The summed E-state index contributed by atoms with van der Waals surface area (Å²) in [5.74, 6) is 0.266. The van der Waals surface area contributed by atoms with Gasteiger partial charge < -0.3 is 10.1 Å². The van der Waals surface area contributed by atoms with Gasteiger partial charge in [0, 0.05) is 12.6 Å². The van der Waals surface area contributed by atoms with Crippen molar-refractivity contribution < 1.29 is 14.3 Å². The molecule has 1 heterocycles. The van der Waals surface area contributed by atoms with Crippen molar-refractivity contribution in [3.05, 3.63) is 65.2 Å². The molecule has 0 saturated carbocycles. The van der Waals surface area contributed by atoms with E-state index in [1.54, 1.807) is 24.6 Å². The molecular formula is C20H23ClN4O3. The van der Waals surface area contributed by atoms with Crippen LogP contribution in [0.2, 0.25) is 0 Å². The minimum Gasteiger partial charge on any atom is -0.461 e. The molecule has 1 aromatic carbocycles. The second kappa shape index (κ2) is 10.4. The predicted octanol–water partition coefficient (Wildman–Crippen LogP) is 3.51. The molecule has 0 bridgehead atoms. The molecule has 0 saturated heterocycles. The summed E-state index contributed by atoms with van der Waals surface area (Å²) < 4.78 is 6.96. The van der Waals surface area contributed by atoms with Crippen LogP contribution in [-0.2, 0) is 20.9 Å². The van der Waals surface area contributed by atoms with Crippen molar-refractivity contribution in [1.29, 1.82) is 0 Å². The summed E-state index contributed by atoms with van der Waals surface area (Å²) in [6.45, 7) is 7.23. The van der Waals surface area contributed by atoms with Crippen molar-refractivity contribution in [2.45, 2.75) is 39.3 Å². The minimum absolute atomic E-state index is 0.0870. The Morgan fingerprint density at radius 3 is 2.68 bits per heavy atom. The number of hydrogen-bond donors (Lipinski definition) is 1. The SMILES string of the molecule is C=C/C(Cl)=C\n1c(C)nnc1C(CC(=O)OCc1ccccc1)NC(=O)CC. The molecule has 1 amide bonds. The topological polar surface area (TPSA) is 86.1 Å². The summed E-state index contributed by atoms with van der Waals surface area (Å²) in [5, 5.41) is 11.3. The Balaban J connectivity index is 2.19. The highest BCUT2D eigenvalue weighted by Gasteiger charge is 2.24. The number of carbonyl (C=O) groups excluding carboxylic acids is 2. The predicted molar refractivity (Wildman–Crippen MR) is 107 cm³/mol. The Bertz CT molecular complexity index is 862. The summed E-state index contributed by atoms with van der Waals surface area (Å²) in [5.41, 5.74) is 0.879. The number of ether oxygens (including phenoxy) is 1. The molecular weight excluding hydrogens is 380 g/mol. The van der Waals surface area contributed by atoms with Crippen LogP contribution in [0.5, 0.6) is 0 Å². The third kappa shape index (κ3) is 6.06. The lowest BCUT2D eigenvalue weighted by Gasteiger charge is -2.17.